The van der Waals surface area contributed by atoms with Crippen LogP contribution in [0.15, 0.2) is 53.5 Å². The maximum Gasteiger partial charge on any atom is 0.416 e. The van der Waals surface area contributed by atoms with E-state index in [0.29, 0.717) is 17.7 Å². The van der Waals surface area contributed by atoms with Gasteiger partial charge >= 0.3 is 6.18 Å². The van der Waals surface area contributed by atoms with Crippen molar-refractivity contribution in [2.75, 3.05) is 11.9 Å². The SMILES string of the molecule is CCOc1cc(=O)[nH]cc1-c1ccc(CC(=O)Nc2ccc(C(C)C#N)c(C(F)(F)F)c2)c(F)c1. The molecule has 10 heteroatoms. The molecular formula is C25H21F4N3O3. The van der Waals surface area contributed by atoms with Crippen molar-refractivity contribution in [3.63, 3.8) is 0 Å². The molecule has 1 unspecified atom stereocenters. The normalized spacial score (nSPS) is 12.0. The van der Waals surface area contributed by atoms with Crippen molar-refractivity contribution < 1.29 is 27.1 Å². The number of carbonyl (C=O) groups is 1. The Kier molecular flexibility index (Phi) is 7.59. The van der Waals surface area contributed by atoms with E-state index in [4.69, 9.17) is 10.00 Å². The Morgan fingerprint density at radius 2 is 1.94 bits per heavy atom. The van der Waals surface area contributed by atoms with Crippen LogP contribution in [0.5, 0.6) is 5.75 Å². The zero-order valence-corrected chi connectivity index (χ0v) is 18.8. The lowest BCUT2D eigenvalue weighted by Crippen LogP contribution is -2.17. The predicted octanol–water partition coefficient (Wildman–Crippen LogP) is 5.41. The predicted molar refractivity (Wildman–Crippen MR) is 121 cm³/mol. The van der Waals surface area contributed by atoms with E-state index >= 15 is 0 Å². The molecule has 0 fully saturated rings. The summed E-state index contributed by atoms with van der Waals surface area (Å²) >= 11 is 0. The first-order chi connectivity index (χ1) is 16.5. The smallest absolute Gasteiger partial charge is 0.416 e. The van der Waals surface area contributed by atoms with E-state index in [9.17, 15) is 27.2 Å². The van der Waals surface area contributed by atoms with Crippen LogP contribution in [0.2, 0.25) is 0 Å². The second-order valence-corrected chi connectivity index (χ2v) is 7.69. The molecule has 2 aromatic carbocycles. The molecule has 0 aliphatic heterocycles. The molecule has 0 aliphatic rings. The minimum Gasteiger partial charge on any atom is -0.493 e. The Morgan fingerprint density at radius 1 is 1.20 bits per heavy atom. The third-order valence-corrected chi connectivity index (χ3v) is 5.20. The summed E-state index contributed by atoms with van der Waals surface area (Å²) in [5, 5.41) is 11.3. The molecule has 0 spiro atoms. The molecule has 3 rings (SSSR count). The lowest BCUT2D eigenvalue weighted by molar-refractivity contribution is -0.138. The summed E-state index contributed by atoms with van der Waals surface area (Å²) in [6, 6.07) is 10.3. The highest BCUT2D eigenvalue weighted by molar-refractivity contribution is 5.92. The molecule has 0 saturated carbocycles. The van der Waals surface area contributed by atoms with E-state index < -0.39 is 35.8 Å². The Labute approximate surface area is 198 Å². The van der Waals surface area contributed by atoms with Gasteiger partial charge in [0.25, 0.3) is 5.56 Å². The fourth-order valence-corrected chi connectivity index (χ4v) is 3.52. The van der Waals surface area contributed by atoms with Crippen LogP contribution in [0.1, 0.15) is 36.5 Å². The lowest BCUT2D eigenvalue weighted by Gasteiger charge is -2.16. The van der Waals surface area contributed by atoms with E-state index in [0.717, 1.165) is 12.1 Å². The van der Waals surface area contributed by atoms with Crippen LogP contribution in [-0.4, -0.2) is 17.5 Å². The monoisotopic (exact) mass is 487 g/mol. The van der Waals surface area contributed by atoms with Gasteiger partial charge in [0.05, 0.1) is 30.6 Å². The van der Waals surface area contributed by atoms with Crippen molar-refractivity contribution in [3.8, 4) is 22.9 Å². The number of ether oxygens (including phenoxy) is 1. The molecule has 0 bridgehead atoms. The fourth-order valence-electron chi connectivity index (χ4n) is 3.52. The summed E-state index contributed by atoms with van der Waals surface area (Å²) in [5.74, 6) is -2.14. The van der Waals surface area contributed by atoms with Crippen LogP contribution in [0, 0.1) is 17.1 Å². The van der Waals surface area contributed by atoms with Crippen molar-refractivity contribution in [1.29, 1.82) is 5.26 Å². The summed E-state index contributed by atoms with van der Waals surface area (Å²) < 4.78 is 60.5. The molecule has 1 atom stereocenters. The zero-order valence-electron chi connectivity index (χ0n) is 18.8. The lowest BCUT2D eigenvalue weighted by atomic mass is 9.96. The number of H-pyrrole nitrogens is 1. The molecule has 2 N–H and O–H groups in total. The molecule has 0 aliphatic carbocycles. The molecule has 1 heterocycles. The number of anilines is 1. The number of benzene rings is 2. The number of amides is 1. The average Bonchev–Trinajstić information content (AvgIpc) is 2.79. The Hall–Kier alpha value is -4.13. The maximum absolute atomic E-state index is 14.8. The van der Waals surface area contributed by atoms with E-state index in [-0.39, 0.29) is 28.1 Å². The summed E-state index contributed by atoms with van der Waals surface area (Å²) in [4.78, 5) is 26.5. The Balaban J connectivity index is 1.81. The van der Waals surface area contributed by atoms with Gasteiger partial charge in [0.1, 0.15) is 11.6 Å². The zero-order chi connectivity index (χ0) is 25.8. The number of nitriles is 1. The molecule has 6 nitrogen and oxygen atoms in total. The van der Waals surface area contributed by atoms with Gasteiger partial charge in [-0.25, -0.2) is 4.39 Å². The van der Waals surface area contributed by atoms with Gasteiger partial charge in [-0.15, -0.1) is 0 Å². The van der Waals surface area contributed by atoms with Gasteiger partial charge in [-0.3, -0.25) is 9.59 Å². The number of hydrogen-bond donors (Lipinski definition) is 2. The number of carbonyl (C=O) groups excluding carboxylic acids is 1. The van der Waals surface area contributed by atoms with Crippen molar-refractivity contribution >= 4 is 11.6 Å². The summed E-state index contributed by atoms with van der Waals surface area (Å²) in [6.07, 6.45) is -3.75. The third-order valence-electron chi connectivity index (χ3n) is 5.20. The van der Waals surface area contributed by atoms with Gasteiger partial charge in [0, 0.05) is 23.5 Å². The van der Waals surface area contributed by atoms with Gasteiger partial charge in [-0.05, 0) is 48.7 Å². The number of halogens is 4. The molecule has 35 heavy (non-hydrogen) atoms. The molecule has 3 aromatic rings. The van der Waals surface area contributed by atoms with Gasteiger partial charge in [-0.1, -0.05) is 18.2 Å². The molecule has 182 valence electrons. The number of aromatic amines is 1. The molecular weight excluding hydrogens is 466 g/mol. The molecule has 0 saturated heterocycles. The first-order valence-corrected chi connectivity index (χ1v) is 10.6. The fraction of sp³-hybridized carbons (Fsp3) is 0.240. The van der Waals surface area contributed by atoms with E-state index in [1.807, 2.05) is 0 Å². The average molecular weight is 487 g/mol. The Bertz CT molecular complexity index is 1340. The van der Waals surface area contributed by atoms with Crippen LogP contribution in [0.3, 0.4) is 0 Å². The maximum atomic E-state index is 14.8. The van der Waals surface area contributed by atoms with Crippen molar-refractivity contribution in [1.82, 2.24) is 4.98 Å². The number of nitrogens with zero attached hydrogens (tertiary/aromatic N) is 1. The Morgan fingerprint density at radius 3 is 2.57 bits per heavy atom. The number of hydrogen-bond acceptors (Lipinski definition) is 4. The number of aromatic nitrogens is 1. The quantitative estimate of drug-likeness (QED) is 0.436. The van der Waals surface area contributed by atoms with E-state index in [1.165, 1.54) is 37.4 Å². The third kappa shape index (κ3) is 6.06. The number of pyridine rings is 1. The number of alkyl halides is 3. The standard InChI is InChI=1S/C25H21F4N3O3/c1-3-35-22-11-23(33)31-13-19(22)15-4-5-16(21(26)8-15)9-24(34)32-17-6-7-18(14(2)12-30)20(10-17)25(27,28)29/h4-8,10-11,13-14H,3,9H2,1-2H3,(H,31,33)(H,32,34). The highest BCUT2D eigenvalue weighted by atomic mass is 19.4. The summed E-state index contributed by atoms with van der Waals surface area (Å²) in [5.41, 5.74) is -0.840. The molecule has 1 amide bonds. The molecule has 0 radical (unpaired) electrons. The van der Waals surface area contributed by atoms with Crippen molar-refractivity contribution in [2.45, 2.75) is 32.4 Å². The van der Waals surface area contributed by atoms with E-state index in [1.54, 1.807) is 19.1 Å². The van der Waals surface area contributed by atoms with Crippen molar-refractivity contribution in [3.05, 3.63) is 81.5 Å². The molecule has 1 aromatic heterocycles. The van der Waals surface area contributed by atoms with Crippen molar-refractivity contribution in [2.24, 2.45) is 0 Å². The van der Waals surface area contributed by atoms with Gasteiger partial charge < -0.3 is 15.0 Å². The first kappa shape index (κ1) is 25.5. The van der Waals surface area contributed by atoms with Crippen LogP contribution in [0.4, 0.5) is 23.2 Å². The van der Waals surface area contributed by atoms with Gasteiger partial charge in [0.15, 0.2) is 0 Å². The number of nitrogens with one attached hydrogen (secondary N) is 2. The second kappa shape index (κ2) is 10.4. The second-order valence-electron chi connectivity index (χ2n) is 7.69. The van der Waals surface area contributed by atoms with Crippen LogP contribution in [-0.2, 0) is 17.4 Å². The minimum atomic E-state index is -4.72. The largest absolute Gasteiger partial charge is 0.493 e. The summed E-state index contributed by atoms with van der Waals surface area (Å²) in [7, 11) is 0. The van der Waals surface area contributed by atoms with Crippen LogP contribution >= 0.6 is 0 Å². The summed E-state index contributed by atoms with van der Waals surface area (Å²) in [6.45, 7) is 3.38. The van der Waals surface area contributed by atoms with Gasteiger partial charge in [0.2, 0.25) is 5.91 Å². The highest BCUT2D eigenvalue weighted by Gasteiger charge is 2.35. The van der Waals surface area contributed by atoms with E-state index in [2.05, 4.69) is 10.3 Å². The highest BCUT2D eigenvalue weighted by Crippen LogP contribution is 2.37. The first-order valence-electron chi connectivity index (χ1n) is 10.6. The van der Waals surface area contributed by atoms with Crippen LogP contribution < -0.4 is 15.6 Å². The number of rotatable bonds is 7. The minimum absolute atomic E-state index is 0.0272. The van der Waals surface area contributed by atoms with Crippen LogP contribution in [0.25, 0.3) is 11.1 Å². The topological polar surface area (TPSA) is 95.0 Å². The van der Waals surface area contributed by atoms with Gasteiger partial charge in [-0.2, -0.15) is 18.4 Å².